The lowest BCUT2D eigenvalue weighted by Crippen LogP contribution is -2.52. The van der Waals surface area contributed by atoms with Crippen LogP contribution in [0.4, 0.5) is 4.39 Å². The predicted molar refractivity (Wildman–Crippen MR) is 130 cm³/mol. The van der Waals surface area contributed by atoms with Gasteiger partial charge in [0.1, 0.15) is 5.82 Å². The Bertz CT molecular complexity index is 1540. The Morgan fingerprint density at radius 1 is 1.00 bits per heavy atom. The van der Waals surface area contributed by atoms with Crippen molar-refractivity contribution in [2.45, 2.75) is 6.54 Å². The minimum Gasteiger partial charge on any atom is -0.468 e. The van der Waals surface area contributed by atoms with Crippen LogP contribution in [0.25, 0.3) is 22.3 Å². The molecule has 4 aromatic rings. The van der Waals surface area contributed by atoms with Crippen molar-refractivity contribution in [2.24, 2.45) is 0 Å². The maximum atomic E-state index is 14.9. The molecule has 0 saturated carbocycles. The number of ether oxygens (including phenoxy) is 1. The Morgan fingerprint density at radius 3 is 2.42 bits per heavy atom. The first-order valence-corrected chi connectivity index (χ1v) is 11.7. The molecule has 0 bridgehead atoms. The number of nitrogens with zero attached hydrogens (tertiary/aromatic N) is 6. The Labute approximate surface area is 215 Å². The van der Waals surface area contributed by atoms with E-state index in [0.29, 0.717) is 11.1 Å². The van der Waals surface area contributed by atoms with Crippen LogP contribution < -0.4 is 0 Å². The van der Waals surface area contributed by atoms with Crippen molar-refractivity contribution in [2.75, 3.05) is 33.3 Å². The zero-order chi connectivity index (χ0) is 26.8. The number of benzene rings is 2. The third-order valence-electron chi connectivity index (χ3n) is 6.29. The van der Waals surface area contributed by atoms with Crippen molar-refractivity contribution >= 4 is 34.5 Å². The maximum absolute atomic E-state index is 14.9. The van der Waals surface area contributed by atoms with Crippen LogP contribution in [0.3, 0.4) is 0 Å². The molecule has 0 radical (unpaired) electrons. The van der Waals surface area contributed by atoms with Crippen molar-refractivity contribution in [3.63, 3.8) is 0 Å². The van der Waals surface area contributed by atoms with Crippen molar-refractivity contribution in [3.05, 3.63) is 65.6 Å². The van der Waals surface area contributed by atoms with E-state index in [0.717, 1.165) is 10.9 Å². The van der Waals surface area contributed by atoms with Gasteiger partial charge < -0.3 is 19.5 Å². The van der Waals surface area contributed by atoms with Gasteiger partial charge in [-0.3, -0.25) is 14.4 Å². The number of rotatable bonds is 6. The lowest BCUT2D eigenvalue weighted by molar-refractivity contribution is -0.141. The number of methoxy groups -OCH3 is 1. The zero-order valence-corrected chi connectivity index (χ0v) is 20.3. The minimum atomic E-state index is -0.877. The molecule has 2 amide bonds. The fourth-order valence-corrected chi connectivity index (χ4v) is 4.31. The van der Waals surface area contributed by atoms with E-state index in [1.807, 2.05) is 6.07 Å². The molecule has 13 heteroatoms. The number of hydrogen-bond acceptors (Lipinski definition) is 8. The molecule has 1 aliphatic heterocycles. The number of Topliss-reactive ketones (excluding diaryl/α,β-unsaturated/α-hetero) is 1. The molecule has 3 heterocycles. The molecule has 194 valence electrons. The van der Waals surface area contributed by atoms with Crippen LogP contribution >= 0.6 is 0 Å². The standard InChI is InChI=1S/C25H22FN7O5/c1-38-19(34)14-33-29-23(28-30-33)16-7-8-18(26)20-17(13-27-21(16)20)22(35)25(37)32-11-9-31(10-12-32)24(36)15-5-3-2-4-6-15/h2-8,13,27H,9-12,14H2,1H3. The van der Waals surface area contributed by atoms with Gasteiger partial charge in [-0.25, -0.2) is 9.18 Å². The first-order chi connectivity index (χ1) is 18.4. The van der Waals surface area contributed by atoms with Crippen LogP contribution in [0.5, 0.6) is 0 Å². The number of ketones is 1. The summed E-state index contributed by atoms with van der Waals surface area (Å²) in [5, 5.41) is 11.7. The number of piperazine rings is 1. The number of halogens is 1. The first-order valence-electron chi connectivity index (χ1n) is 11.7. The second-order valence-electron chi connectivity index (χ2n) is 8.55. The van der Waals surface area contributed by atoms with Gasteiger partial charge in [-0.15, -0.1) is 10.2 Å². The van der Waals surface area contributed by atoms with E-state index in [-0.39, 0.29) is 60.9 Å². The van der Waals surface area contributed by atoms with Crippen molar-refractivity contribution < 1.29 is 28.3 Å². The fraction of sp³-hybridized carbons (Fsp3) is 0.240. The van der Waals surface area contributed by atoms with Crippen LogP contribution in [0.2, 0.25) is 0 Å². The molecule has 12 nitrogen and oxygen atoms in total. The van der Waals surface area contributed by atoms with Gasteiger partial charge in [0.15, 0.2) is 6.54 Å². The van der Waals surface area contributed by atoms with Gasteiger partial charge in [0.05, 0.1) is 18.2 Å². The lowest BCUT2D eigenvalue weighted by Gasteiger charge is -2.34. The van der Waals surface area contributed by atoms with Crippen LogP contribution in [-0.2, 0) is 20.9 Å². The van der Waals surface area contributed by atoms with E-state index in [2.05, 4.69) is 25.1 Å². The largest absolute Gasteiger partial charge is 0.468 e. The van der Waals surface area contributed by atoms with Crippen LogP contribution in [-0.4, -0.2) is 91.8 Å². The van der Waals surface area contributed by atoms with Gasteiger partial charge in [-0.2, -0.15) is 4.80 Å². The van der Waals surface area contributed by atoms with E-state index >= 15 is 0 Å². The van der Waals surface area contributed by atoms with Crippen LogP contribution in [0.15, 0.2) is 48.7 Å². The summed E-state index contributed by atoms with van der Waals surface area (Å²) in [6.45, 7) is 0.623. The molecule has 1 aliphatic rings. The molecule has 1 fully saturated rings. The first kappa shape index (κ1) is 24.7. The van der Waals surface area contributed by atoms with Gasteiger partial charge >= 0.3 is 5.97 Å². The maximum Gasteiger partial charge on any atom is 0.329 e. The van der Waals surface area contributed by atoms with Gasteiger partial charge in [-0.05, 0) is 29.5 Å². The predicted octanol–water partition coefficient (Wildman–Crippen LogP) is 1.30. The Hall–Kier alpha value is -4.94. The molecule has 2 aromatic carbocycles. The van der Waals surface area contributed by atoms with Gasteiger partial charge in [0, 0.05) is 48.9 Å². The third-order valence-corrected chi connectivity index (χ3v) is 6.29. The Kier molecular flexibility index (Phi) is 6.64. The molecule has 0 aliphatic carbocycles. The molecular weight excluding hydrogens is 497 g/mol. The SMILES string of the molecule is COC(=O)Cn1nnc(-c2ccc(F)c3c(C(=O)C(=O)N4CCN(C(=O)c5ccccc5)CC4)c[nH]c23)n1. The number of tetrazole rings is 1. The number of fused-ring (bicyclic) bond motifs is 1. The van der Waals surface area contributed by atoms with Crippen LogP contribution in [0.1, 0.15) is 20.7 Å². The highest BCUT2D eigenvalue weighted by atomic mass is 19.1. The molecule has 5 rings (SSSR count). The molecule has 38 heavy (non-hydrogen) atoms. The number of H-pyrrole nitrogens is 1. The minimum absolute atomic E-state index is 0.0805. The second kappa shape index (κ2) is 10.2. The molecular formula is C25H22FN7O5. The van der Waals surface area contributed by atoms with E-state index < -0.39 is 23.5 Å². The third kappa shape index (κ3) is 4.61. The quantitative estimate of drug-likeness (QED) is 0.228. The Morgan fingerprint density at radius 2 is 1.71 bits per heavy atom. The number of hydrogen-bond donors (Lipinski definition) is 1. The molecule has 0 unspecified atom stereocenters. The smallest absolute Gasteiger partial charge is 0.329 e. The zero-order valence-electron chi connectivity index (χ0n) is 20.3. The number of carbonyl (C=O) groups is 4. The summed E-state index contributed by atoms with van der Waals surface area (Å²) in [6, 6.07) is 11.4. The molecule has 0 atom stereocenters. The highest BCUT2D eigenvalue weighted by Crippen LogP contribution is 2.30. The fourth-order valence-electron chi connectivity index (χ4n) is 4.31. The van der Waals surface area contributed by atoms with E-state index in [1.54, 1.807) is 29.2 Å². The molecule has 0 spiro atoms. The summed E-state index contributed by atoms with van der Waals surface area (Å²) in [5.41, 5.74) is 0.955. The number of aromatic amines is 1. The molecule has 1 N–H and O–H groups in total. The van der Waals surface area contributed by atoms with Gasteiger partial charge in [-0.1, -0.05) is 18.2 Å². The summed E-state index contributed by atoms with van der Waals surface area (Å²) in [7, 11) is 1.23. The summed E-state index contributed by atoms with van der Waals surface area (Å²) in [6.07, 6.45) is 1.27. The van der Waals surface area contributed by atoms with Gasteiger partial charge in [0.25, 0.3) is 17.6 Å². The normalized spacial score (nSPS) is 13.5. The average Bonchev–Trinajstić information content (AvgIpc) is 3.61. The van der Waals surface area contributed by atoms with E-state index in [4.69, 9.17) is 0 Å². The van der Waals surface area contributed by atoms with E-state index in [9.17, 15) is 23.6 Å². The monoisotopic (exact) mass is 519 g/mol. The highest BCUT2D eigenvalue weighted by Gasteiger charge is 2.31. The summed E-state index contributed by atoms with van der Waals surface area (Å²) in [5.74, 6) is -3.00. The van der Waals surface area contributed by atoms with Crippen LogP contribution in [0, 0.1) is 5.82 Å². The van der Waals surface area contributed by atoms with Crippen molar-refractivity contribution in [3.8, 4) is 11.4 Å². The number of amides is 2. The number of aromatic nitrogens is 5. The Balaban J connectivity index is 1.33. The lowest BCUT2D eigenvalue weighted by atomic mass is 10.0. The number of esters is 1. The summed E-state index contributed by atoms with van der Waals surface area (Å²) in [4.78, 5) is 57.2. The van der Waals surface area contributed by atoms with Crippen molar-refractivity contribution in [1.82, 2.24) is 35.0 Å². The topological polar surface area (TPSA) is 143 Å². The highest BCUT2D eigenvalue weighted by molar-refractivity contribution is 6.45. The average molecular weight is 519 g/mol. The summed E-state index contributed by atoms with van der Waals surface area (Å²) < 4.78 is 19.5. The van der Waals surface area contributed by atoms with E-state index in [1.165, 1.54) is 24.3 Å². The van der Waals surface area contributed by atoms with Crippen molar-refractivity contribution in [1.29, 1.82) is 0 Å². The molecule has 1 saturated heterocycles. The second-order valence-corrected chi connectivity index (χ2v) is 8.55. The number of carbonyl (C=O) groups excluding carboxylic acids is 4. The number of nitrogens with one attached hydrogen (secondary N) is 1. The summed E-state index contributed by atoms with van der Waals surface area (Å²) >= 11 is 0. The molecule has 2 aromatic heterocycles. The van der Waals surface area contributed by atoms with Gasteiger partial charge in [0.2, 0.25) is 5.82 Å².